The molecule has 1 aromatic carbocycles. The Kier molecular flexibility index (Phi) is 6.00. The van der Waals surface area contributed by atoms with Crippen LogP contribution >= 0.6 is 18.4 Å². The summed E-state index contributed by atoms with van der Waals surface area (Å²) in [5.41, 5.74) is -5.00. The SMILES string of the molecule is COC(=O)Cn1nc(C)c(I(c2ccccc2)S(=O)(=O)C(F)(F)F)c1C. The minimum absolute atomic E-state index is 0.0571. The molecule has 1 heterocycles. The number of carbonyl (C=O) groups is 1. The summed E-state index contributed by atoms with van der Waals surface area (Å²) < 4.78 is 70.6. The Hall–Kier alpha value is -1.63. The molecule has 0 spiro atoms. The second-order valence-electron chi connectivity index (χ2n) is 5.15. The van der Waals surface area contributed by atoms with Crippen LogP contribution in [-0.2, 0) is 23.1 Å². The molecule has 6 nitrogen and oxygen atoms in total. The Bertz CT molecular complexity index is 911. The summed E-state index contributed by atoms with van der Waals surface area (Å²) in [7, 11) is -4.25. The van der Waals surface area contributed by atoms with Gasteiger partial charge in [0.2, 0.25) is 0 Å². The molecule has 0 aliphatic carbocycles. The molecule has 0 aliphatic heterocycles. The number of hydrogen-bond acceptors (Lipinski definition) is 5. The number of halogens is 4. The van der Waals surface area contributed by atoms with Crippen molar-refractivity contribution < 1.29 is 31.1 Å². The Morgan fingerprint density at radius 2 is 1.81 bits per heavy atom. The summed E-state index contributed by atoms with van der Waals surface area (Å²) in [6.07, 6.45) is 0. The van der Waals surface area contributed by atoms with Crippen LogP contribution in [0, 0.1) is 21.0 Å². The maximum absolute atomic E-state index is 13.3. The maximum atomic E-state index is 13.3. The number of rotatable bonds is 5. The first-order valence-corrected chi connectivity index (χ1v) is 13.4. The molecular weight excluding hydrogens is 488 g/mol. The molecule has 144 valence electrons. The van der Waals surface area contributed by atoms with E-state index in [2.05, 4.69) is 9.84 Å². The van der Waals surface area contributed by atoms with Crippen LogP contribution in [0.1, 0.15) is 11.4 Å². The molecule has 11 heteroatoms. The summed E-state index contributed by atoms with van der Waals surface area (Å²) >= 11 is -4.02. The number of methoxy groups -OCH3 is 1. The van der Waals surface area contributed by atoms with Crippen molar-refractivity contribution in [2.24, 2.45) is 0 Å². The number of ether oxygens (including phenoxy) is 1. The fourth-order valence-electron chi connectivity index (χ4n) is 2.21. The summed E-state index contributed by atoms with van der Waals surface area (Å²) in [4.78, 5) is 11.5. The predicted octanol–water partition coefficient (Wildman–Crippen LogP) is 3.07. The Morgan fingerprint density at radius 1 is 1.23 bits per heavy atom. The van der Waals surface area contributed by atoms with Gasteiger partial charge in [-0.15, -0.1) is 0 Å². The monoisotopic (exact) mass is 504 g/mol. The van der Waals surface area contributed by atoms with Gasteiger partial charge in [-0.05, 0) is 0 Å². The van der Waals surface area contributed by atoms with Crippen molar-refractivity contribution >= 4 is 31.4 Å². The van der Waals surface area contributed by atoms with Gasteiger partial charge in [-0.25, -0.2) is 0 Å². The molecule has 0 unspecified atom stereocenters. The second-order valence-corrected chi connectivity index (χ2v) is 15.8. The van der Waals surface area contributed by atoms with E-state index in [-0.39, 0.29) is 25.1 Å². The molecular formula is C15H16F3IN2O4S. The molecule has 0 N–H and O–H groups in total. The molecule has 0 radical (unpaired) electrons. The van der Waals surface area contributed by atoms with Crippen LogP contribution in [-0.4, -0.2) is 36.8 Å². The number of carbonyl (C=O) groups excluding carboxylic acids is 1. The Labute approximate surface area is 154 Å². The van der Waals surface area contributed by atoms with Gasteiger partial charge in [0.05, 0.1) is 0 Å². The van der Waals surface area contributed by atoms with Crippen LogP contribution in [0.4, 0.5) is 13.2 Å². The number of hydrogen-bond donors (Lipinski definition) is 0. The average Bonchev–Trinajstić information content (AvgIpc) is 2.82. The van der Waals surface area contributed by atoms with E-state index in [0.717, 1.165) is 0 Å². The van der Waals surface area contributed by atoms with Crippen molar-refractivity contribution in [3.8, 4) is 0 Å². The molecule has 26 heavy (non-hydrogen) atoms. The molecule has 2 rings (SSSR count). The third-order valence-electron chi connectivity index (χ3n) is 3.38. The van der Waals surface area contributed by atoms with Crippen molar-refractivity contribution in [1.82, 2.24) is 9.78 Å². The summed E-state index contributed by atoms with van der Waals surface area (Å²) in [6, 6.07) is 7.35. The third-order valence-corrected chi connectivity index (χ3v) is 15.9. The van der Waals surface area contributed by atoms with Gasteiger partial charge in [0.25, 0.3) is 0 Å². The fraction of sp³-hybridized carbons (Fsp3) is 0.333. The van der Waals surface area contributed by atoms with E-state index in [1.54, 1.807) is 6.07 Å². The molecule has 2 aromatic rings. The van der Waals surface area contributed by atoms with Crippen molar-refractivity contribution in [1.29, 1.82) is 0 Å². The quantitative estimate of drug-likeness (QED) is 0.356. The first-order chi connectivity index (χ1) is 12.0. The molecule has 0 fully saturated rings. The summed E-state index contributed by atoms with van der Waals surface area (Å²) in [5, 5.41) is 4.06. The van der Waals surface area contributed by atoms with Crippen LogP contribution in [0.2, 0.25) is 0 Å². The molecule has 1 aromatic heterocycles. The van der Waals surface area contributed by atoms with Gasteiger partial charge >= 0.3 is 154 Å². The predicted molar refractivity (Wildman–Crippen MR) is 96.5 cm³/mol. The van der Waals surface area contributed by atoms with Crippen LogP contribution < -0.4 is 0 Å². The zero-order chi connectivity index (χ0) is 19.7. The average molecular weight is 504 g/mol. The van der Waals surface area contributed by atoms with E-state index in [0.29, 0.717) is 0 Å². The normalized spacial score (nSPS) is 12.8. The van der Waals surface area contributed by atoms with Crippen LogP contribution in [0.15, 0.2) is 30.3 Å². The van der Waals surface area contributed by atoms with Crippen LogP contribution in [0.25, 0.3) is 0 Å². The first-order valence-electron chi connectivity index (χ1n) is 7.18. The van der Waals surface area contributed by atoms with Gasteiger partial charge in [0, 0.05) is 0 Å². The van der Waals surface area contributed by atoms with E-state index >= 15 is 0 Å². The molecule has 0 amide bonds. The van der Waals surface area contributed by atoms with Crippen molar-refractivity contribution in [3.05, 3.63) is 48.9 Å². The van der Waals surface area contributed by atoms with Gasteiger partial charge in [-0.1, -0.05) is 0 Å². The molecule has 0 aliphatic rings. The van der Waals surface area contributed by atoms with Gasteiger partial charge < -0.3 is 0 Å². The standard InChI is InChI=1S/C15H16F3IN2O4S/c1-10-14(11(2)21(20-10)9-13(22)25-3)19(12-7-5-4-6-8-12)26(23,24)15(16,17)18/h4-8H,9H2,1-3H3. The minimum atomic E-state index is -5.42. The van der Waals surface area contributed by atoms with E-state index in [4.69, 9.17) is 0 Å². The van der Waals surface area contributed by atoms with Gasteiger partial charge in [0.1, 0.15) is 0 Å². The number of alkyl halides is 3. The van der Waals surface area contributed by atoms with Crippen molar-refractivity contribution in [3.63, 3.8) is 0 Å². The molecule has 0 bridgehead atoms. The van der Waals surface area contributed by atoms with E-state index in [9.17, 15) is 26.4 Å². The Balaban J connectivity index is 2.71. The molecule has 0 saturated carbocycles. The van der Waals surface area contributed by atoms with Crippen LogP contribution in [0.5, 0.6) is 0 Å². The van der Waals surface area contributed by atoms with Crippen molar-refractivity contribution in [2.45, 2.75) is 25.9 Å². The van der Waals surface area contributed by atoms with E-state index < -0.39 is 36.9 Å². The number of esters is 1. The molecule has 0 saturated heterocycles. The number of aromatic nitrogens is 2. The summed E-state index contributed by atoms with van der Waals surface area (Å²) in [6.45, 7) is 2.58. The fourth-order valence-corrected chi connectivity index (χ4v) is 13.8. The zero-order valence-corrected chi connectivity index (χ0v) is 17.0. The zero-order valence-electron chi connectivity index (χ0n) is 14.0. The first kappa shape index (κ1) is 20.7. The number of benzene rings is 1. The summed E-state index contributed by atoms with van der Waals surface area (Å²) in [5.74, 6) is -0.638. The van der Waals surface area contributed by atoms with Gasteiger partial charge in [-0.3, -0.25) is 0 Å². The third kappa shape index (κ3) is 3.87. The topological polar surface area (TPSA) is 78.3 Å². The Morgan fingerprint density at radius 3 is 2.31 bits per heavy atom. The number of aryl methyl sites for hydroxylation is 1. The van der Waals surface area contributed by atoms with E-state index in [1.807, 2.05) is 0 Å². The number of nitrogens with zero attached hydrogens (tertiary/aromatic N) is 2. The van der Waals surface area contributed by atoms with Gasteiger partial charge in [-0.2, -0.15) is 0 Å². The van der Waals surface area contributed by atoms with E-state index in [1.165, 1.54) is 49.9 Å². The molecule has 0 atom stereocenters. The second kappa shape index (κ2) is 7.55. The van der Waals surface area contributed by atoms with Gasteiger partial charge in [0.15, 0.2) is 0 Å². The van der Waals surface area contributed by atoms with Crippen molar-refractivity contribution in [2.75, 3.05) is 7.11 Å². The van der Waals surface area contributed by atoms with Crippen LogP contribution in [0.3, 0.4) is 0 Å².